The molecule has 1 aromatic heterocycles. The van der Waals surface area contributed by atoms with Crippen LogP contribution in [0.5, 0.6) is 0 Å². The Morgan fingerprint density at radius 3 is 2.72 bits per heavy atom. The van der Waals surface area contributed by atoms with Crippen molar-refractivity contribution >= 4 is 21.6 Å². The van der Waals surface area contributed by atoms with Crippen LogP contribution in [0, 0.1) is 6.92 Å². The maximum atomic E-state index is 11.5. The molecular formula is C11H18N4O2S. The van der Waals surface area contributed by atoms with Crippen LogP contribution in [0.2, 0.25) is 0 Å². The summed E-state index contributed by atoms with van der Waals surface area (Å²) in [4.78, 5) is 10.5. The number of rotatable bonds is 3. The molecule has 6 nitrogen and oxygen atoms in total. The van der Waals surface area contributed by atoms with Gasteiger partial charge in [-0.05, 0) is 13.3 Å². The Labute approximate surface area is 107 Å². The number of hydrogen-bond donors (Lipinski definition) is 1. The number of sulfone groups is 1. The van der Waals surface area contributed by atoms with Crippen LogP contribution in [0.1, 0.15) is 12.1 Å². The first kappa shape index (κ1) is 13.1. The van der Waals surface area contributed by atoms with Gasteiger partial charge in [0.25, 0.3) is 0 Å². The SMILES string of the molecule is CNc1nc(C)cc(N(C)C2CCS(=O)(=O)C2)n1. The maximum Gasteiger partial charge on any atom is 0.224 e. The first-order valence-electron chi connectivity index (χ1n) is 5.88. The van der Waals surface area contributed by atoms with Crippen LogP contribution < -0.4 is 10.2 Å². The molecular weight excluding hydrogens is 252 g/mol. The van der Waals surface area contributed by atoms with Gasteiger partial charge in [-0.15, -0.1) is 0 Å². The molecule has 0 radical (unpaired) electrons. The molecule has 0 aliphatic carbocycles. The highest BCUT2D eigenvalue weighted by molar-refractivity contribution is 7.91. The van der Waals surface area contributed by atoms with Crippen molar-refractivity contribution in [2.45, 2.75) is 19.4 Å². The minimum absolute atomic E-state index is 0.00834. The van der Waals surface area contributed by atoms with E-state index in [0.29, 0.717) is 12.4 Å². The normalized spacial score (nSPS) is 21.8. The fourth-order valence-corrected chi connectivity index (χ4v) is 3.89. The van der Waals surface area contributed by atoms with Crippen molar-refractivity contribution in [3.05, 3.63) is 11.8 Å². The molecule has 2 rings (SSSR count). The van der Waals surface area contributed by atoms with Crippen molar-refractivity contribution in [2.24, 2.45) is 0 Å². The molecule has 2 heterocycles. The summed E-state index contributed by atoms with van der Waals surface area (Å²) in [6, 6.07) is 1.88. The molecule has 0 bridgehead atoms. The summed E-state index contributed by atoms with van der Waals surface area (Å²) in [6.45, 7) is 1.89. The number of aromatic nitrogens is 2. The minimum Gasteiger partial charge on any atom is -0.357 e. The Bertz CT molecular complexity index is 544. The summed E-state index contributed by atoms with van der Waals surface area (Å²) in [5.41, 5.74) is 0.858. The molecule has 0 aromatic carbocycles. The summed E-state index contributed by atoms with van der Waals surface area (Å²) < 4.78 is 23.0. The van der Waals surface area contributed by atoms with Gasteiger partial charge in [0.1, 0.15) is 5.82 Å². The lowest BCUT2D eigenvalue weighted by Crippen LogP contribution is -2.33. The van der Waals surface area contributed by atoms with E-state index in [1.54, 1.807) is 7.05 Å². The Balaban J connectivity index is 2.23. The minimum atomic E-state index is -2.87. The predicted molar refractivity (Wildman–Crippen MR) is 71.8 cm³/mol. The fourth-order valence-electron chi connectivity index (χ4n) is 2.11. The molecule has 18 heavy (non-hydrogen) atoms. The van der Waals surface area contributed by atoms with Gasteiger partial charge in [-0.25, -0.2) is 13.4 Å². The second kappa shape index (κ2) is 4.72. The second-order valence-electron chi connectivity index (χ2n) is 4.61. The van der Waals surface area contributed by atoms with E-state index in [-0.39, 0.29) is 17.5 Å². The molecule has 1 fully saturated rings. The smallest absolute Gasteiger partial charge is 0.224 e. The van der Waals surface area contributed by atoms with Crippen LogP contribution >= 0.6 is 0 Å². The predicted octanol–water partition coefficient (Wildman–Crippen LogP) is 0.450. The molecule has 1 aliphatic rings. The van der Waals surface area contributed by atoms with Crippen molar-refractivity contribution < 1.29 is 8.42 Å². The zero-order chi connectivity index (χ0) is 13.3. The molecule has 1 saturated heterocycles. The molecule has 0 saturated carbocycles. The Hall–Kier alpha value is -1.37. The Kier molecular flexibility index (Phi) is 3.43. The van der Waals surface area contributed by atoms with Gasteiger partial charge < -0.3 is 10.2 Å². The number of nitrogens with one attached hydrogen (secondary N) is 1. The van der Waals surface area contributed by atoms with Crippen LogP contribution in [0.15, 0.2) is 6.07 Å². The molecule has 1 aromatic rings. The zero-order valence-corrected chi connectivity index (χ0v) is 11.7. The molecule has 1 N–H and O–H groups in total. The van der Waals surface area contributed by atoms with Crippen LogP contribution in [0.4, 0.5) is 11.8 Å². The van der Waals surface area contributed by atoms with Crippen molar-refractivity contribution in [2.75, 3.05) is 35.8 Å². The first-order chi connectivity index (χ1) is 8.41. The molecule has 100 valence electrons. The number of anilines is 2. The molecule has 1 unspecified atom stereocenters. The van der Waals surface area contributed by atoms with Crippen LogP contribution in [-0.4, -0.2) is 50.0 Å². The monoisotopic (exact) mass is 270 g/mol. The molecule has 1 atom stereocenters. The third kappa shape index (κ3) is 2.72. The van der Waals surface area contributed by atoms with E-state index in [1.165, 1.54) is 0 Å². The highest BCUT2D eigenvalue weighted by Crippen LogP contribution is 2.22. The zero-order valence-electron chi connectivity index (χ0n) is 10.8. The van der Waals surface area contributed by atoms with Gasteiger partial charge in [-0.1, -0.05) is 0 Å². The lowest BCUT2D eigenvalue weighted by atomic mass is 10.2. The lowest BCUT2D eigenvalue weighted by molar-refractivity contribution is 0.600. The molecule has 0 amide bonds. The van der Waals surface area contributed by atoms with Gasteiger partial charge in [0.15, 0.2) is 9.84 Å². The summed E-state index contributed by atoms with van der Waals surface area (Å²) in [7, 11) is 0.769. The Morgan fingerprint density at radius 2 is 2.17 bits per heavy atom. The fraction of sp³-hybridized carbons (Fsp3) is 0.636. The van der Waals surface area contributed by atoms with E-state index in [4.69, 9.17) is 0 Å². The molecule has 7 heteroatoms. The summed E-state index contributed by atoms with van der Waals surface area (Å²) in [5, 5.41) is 2.90. The quantitative estimate of drug-likeness (QED) is 0.859. The van der Waals surface area contributed by atoms with Gasteiger partial charge in [0.2, 0.25) is 5.95 Å². The number of nitrogens with zero attached hydrogens (tertiary/aromatic N) is 3. The lowest BCUT2D eigenvalue weighted by Gasteiger charge is -2.24. The number of hydrogen-bond acceptors (Lipinski definition) is 6. The van der Waals surface area contributed by atoms with E-state index in [0.717, 1.165) is 11.5 Å². The van der Waals surface area contributed by atoms with Gasteiger partial charge in [0, 0.05) is 31.9 Å². The van der Waals surface area contributed by atoms with Gasteiger partial charge >= 0.3 is 0 Å². The average molecular weight is 270 g/mol. The Morgan fingerprint density at radius 1 is 1.44 bits per heavy atom. The van der Waals surface area contributed by atoms with E-state index >= 15 is 0 Å². The standard InChI is InChI=1S/C11H18N4O2S/c1-8-6-10(14-11(12-2)13-8)15(3)9-4-5-18(16,17)7-9/h6,9H,4-5,7H2,1-3H3,(H,12,13,14). The highest BCUT2D eigenvalue weighted by Gasteiger charge is 2.31. The largest absolute Gasteiger partial charge is 0.357 e. The van der Waals surface area contributed by atoms with Crippen molar-refractivity contribution in [3.63, 3.8) is 0 Å². The highest BCUT2D eigenvalue weighted by atomic mass is 32.2. The second-order valence-corrected chi connectivity index (χ2v) is 6.84. The van der Waals surface area contributed by atoms with Gasteiger partial charge in [0.05, 0.1) is 11.5 Å². The van der Waals surface area contributed by atoms with Crippen molar-refractivity contribution in [3.8, 4) is 0 Å². The van der Waals surface area contributed by atoms with Crippen LogP contribution in [-0.2, 0) is 9.84 Å². The number of aryl methyl sites for hydroxylation is 1. The average Bonchev–Trinajstić information content (AvgIpc) is 2.67. The van der Waals surface area contributed by atoms with E-state index in [1.807, 2.05) is 24.9 Å². The van der Waals surface area contributed by atoms with Crippen molar-refractivity contribution in [1.82, 2.24) is 9.97 Å². The summed E-state index contributed by atoms with van der Waals surface area (Å²) in [5.74, 6) is 1.79. The third-order valence-corrected chi connectivity index (χ3v) is 4.93. The summed E-state index contributed by atoms with van der Waals surface area (Å²) in [6.07, 6.45) is 0.663. The van der Waals surface area contributed by atoms with E-state index in [2.05, 4.69) is 15.3 Å². The topological polar surface area (TPSA) is 75.2 Å². The van der Waals surface area contributed by atoms with E-state index < -0.39 is 9.84 Å². The molecule has 1 aliphatic heterocycles. The molecule has 0 spiro atoms. The first-order valence-corrected chi connectivity index (χ1v) is 7.70. The van der Waals surface area contributed by atoms with Crippen LogP contribution in [0.25, 0.3) is 0 Å². The van der Waals surface area contributed by atoms with Crippen LogP contribution in [0.3, 0.4) is 0 Å². The van der Waals surface area contributed by atoms with E-state index in [9.17, 15) is 8.42 Å². The summed E-state index contributed by atoms with van der Waals surface area (Å²) >= 11 is 0. The third-order valence-electron chi connectivity index (χ3n) is 3.18. The maximum absolute atomic E-state index is 11.5. The van der Waals surface area contributed by atoms with Crippen molar-refractivity contribution in [1.29, 1.82) is 0 Å². The van der Waals surface area contributed by atoms with Gasteiger partial charge in [-0.2, -0.15) is 4.98 Å². The van der Waals surface area contributed by atoms with Gasteiger partial charge in [-0.3, -0.25) is 0 Å².